The van der Waals surface area contributed by atoms with Crippen LogP contribution in [0.15, 0.2) is 10.7 Å². The van der Waals surface area contributed by atoms with Crippen LogP contribution in [0.1, 0.15) is 41.8 Å². The minimum absolute atomic E-state index is 0.0797. The second-order valence-corrected chi connectivity index (χ2v) is 6.26. The Kier molecular flexibility index (Phi) is 5.44. The first-order valence-electron chi connectivity index (χ1n) is 7.47. The maximum atomic E-state index is 13.0. The van der Waals surface area contributed by atoms with Crippen molar-refractivity contribution in [1.82, 2.24) is 19.6 Å². The lowest BCUT2D eigenvalue weighted by molar-refractivity contribution is -0.142. The molecular formula is C14H16BrF3N6O2. The lowest BCUT2D eigenvalue weighted by Crippen LogP contribution is -2.26. The molecule has 0 aliphatic heterocycles. The lowest BCUT2D eigenvalue weighted by Gasteiger charge is -2.14. The molecular weight excluding hydrogens is 421 g/mol. The molecule has 0 spiro atoms. The fraction of sp³-hybridized carbons (Fsp3) is 0.429. The van der Waals surface area contributed by atoms with Gasteiger partial charge in [-0.15, -0.1) is 0 Å². The number of alkyl halides is 3. The summed E-state index contributed by atoms with van der Waals surface area (Å²) in [4.78, 5) is 23.9. The summed E-state index contributed by atoms with van der Waals surface area (Å²) < 4.78 is 41.0. The quantitative estimate of drug-likeness (QED) is 0.750. The lowest BCUT2D eigenvalue weighted by atomic mass is 10.2. The SMILES string of the molecule is CCn1cc(NC(=O)[C@@H](C)n2nc(C(F)(F)F)c(Br)c2C)c(C(N)=O)n1. The minimum Gasteiger partial charge on any atom is -0.364 e. The molecule has 2 amide bonds. The van der Waals surface area contributed by atoms with Crippen LogP contribution >= 0.6 is 15.9 Å². The van der Waals surface area contributed by atoms with Crippen molar-refractivity contribution in [2.24, 2.45) is 5.73 Å². The number of nitrogens with zero attached hydrogens (tertiary/aromatic N) is 4. The Morgan fingerprint density at radius 3 is 2.46 bits per heavy atom. The Bertz CT molecular complexity index is 858. The van der Waals surface area contributed by atoms with Gasteiger partial charge in [-0.3, -0.25) is 19.0 Å². The highest BCUT2D eigenvalue weighted by molar-refractivity contribution is 9.10. The highest BCUT2D eigenvalue weighted by atomic mass is 79.9. The number of primary amides is 1. The Hall–Kier alpha value is -2.37. The predicted octanol–water partition coefficient (Wildman–Crippen LogP) is 2.49. The average Bonchev–Trinajstić information content (AvgIpc) is 3.08. The van der Waals surface area contributed by atoms with Crippen molar-refractivity contribution in [2.45, 2.75) is 39.5 Å². The summed E-state index contributed by atoms with van der Waals surface area (Å²) in [6, 6.07) is -1.08. The third-order valence-corrected chi connectivity index (χ3v) is 4.62. The first-order chi connectivity index (χ1) is 12.0. The molecule has 2 heterocycles. The summed E-state index contributed by atoms with van der Waals surface area (Å²) >= 11 is 2.85. The normalized spacial score (nSPS) is 12.9. The number of rotatable bonds is 5. The van der Waals surface area contributed by atoms with Crippen LogP contribution in [0.3, 0.4) is 0 Å². The molecule has 0 aromatic carbocycles. The van der Waals surface area contributed by atoms with Crippen molar-refractivity contribution < 1.29 is 22.8 Å². The molecule has 0 aliphatic rings. The van der Waals surface area contributed by atoms with Gasteiger partial charge < -0.3 is 11.1 Å². The smallest absolute Gasteiger partial charge is 0.364 e. The number of aromatic nitrogens is 4. The number of carbonyl (C=O) groups is 2. The Morgan fingerprint density at radius 1 is 1.38 bits per heavy atom. The number of nitrogens with two attached hydrogens (primary N) is 1. The molecule has 0 fully saturated rings. The molecule has 12 heteroatoms. The average molecular weight is 437 g/mol. The van der Waals surface area contributed by atoms with E-state index in [1.807, 2.05) is 0 Å². The van der Waals surface area contributed by atoms with Crippen LogP contribution in [0.2, 0.25) is 0 Å². The molecule has 1 atom stereocenters. The molecule has 142 valence electrons. The highest BCUT2D eigenvalue weighted by Crippen LogP contribution is 2.36. The van der Waals surface area contributed by atoms with E-state index in [-0.39, 0.29) is 21.5 Å². The summed E-state index contributed by atoms with van der Waals surface area (Å²) in [5.41, 5.74) is 4.19. The number of hydrogen-bond acceptors (Lipinski definition) is 4. The molecule has 26 heavy (non-hydrogen) atoms. The van der Waals surface area contributed by atoms with Gasteiger partial charge in [0.2, 0.25) is 5.91 Å². The van der Waals surface area contributed by atoms with E-state index in [0.717, 1.165) is 4.68 Å². The predicted molar refractivity (Wildman–Crippen MR) is 89.4 cm³/mol. The first-order valence-corrected chi connectivity index (χ1v) is 8.26. The molecule has 0 unspecified atom stereocenters. The van der Waals surface area contributed by atoms with E-state index in [1.165, 1.54) is 24.7 Å². The van der Waals surface area contributed by atoms with Gasteiger partial charge in [0.15, 0.2) is 11.4 Å². The Labute approximate surface area is 154 Å². The molecule has 2 aromatic heterocycles. The maximum Gasteiger partial charge on any atom is 0.436 e. The number of amides is 2. The number of nitrogens with one attached hydrogen (secondary N) is 1. The molecule has 0 radical (unpaired) electrons. The van der Waals surface area contributed by atoms with Crippen molar-refractivity contribution in [1.29, 1.82) is 0 Å². The van der Waals surface area contributed by atoms with E-state index >= 15 is 0 Å². The van der Waals surface area contributed by atoms with Crippen LogP contribution in [0, 0.1) is 6.92 Å². The molecule has 0 bridgehead atoms. The van der Waals surface area contributed by atoms with Crippen molar-refractivity contribution in [3.05, 3.63) is 27.8 Å². The van der Waals surface area contributed by atoms with E-state index in [0.29, 0.717) is 6.54 Å². The van der Waals surface area contributed by atoms with Gasteiger partial charge >= 0.3 is 6.18 Å². The van der Waals surface area contributed by atoms with E-state index in [4.69, 9.17) is 5.73 Å². The molecule has 2 aromatic rings. The monoisotopic (exact) mass is 436 g/mol. The van der Waals surface area contributed by atoms with Crippen LogP contribution in [-0.2, 0) is 17.5 Å². The zero-order valence-electron chi connectivity index (χ0n) is 14.1. The van der Waals surface area contributed by atoms with Gasteiger partial charge in [0, 0.05) is 12.7 Å². The molecule has 0 saturated heterocycles. The van der Waals surface area contributed by atoms with Gasteiger partial charge in [0.25, 0.3) is 5.91 Å². The number of anilines is 1. The minimum atomic E-state index is -4.66. The largest absolute Gasteiger partial charge is 0.436 e. The third-order valence-electron chi connectivity index (χ3n) is 3.67. The highest BCUT2D eigenvalue weighted by Gasteiger charge is 2.39. The second kappa shape index (κ2) is 7.09. The van der Waals surface area contributed by atoms with Crippen LogP contribution in [0.5, 0.6) is 0 Å². The van der Waals surface area contributed by atoms with E-state index in [1.54, 1.807) is 6.92 Å². The topological polar surface area (TPSA) is 108 Å². The van der Waals surface area contributed by atoms with Crippen molar-refractivity contribution >= 4 is 33.4 Å². The van der Waals surface area contributed by atoms with Gasteiger partial charge in [-0.25, -0.2) is 0 Å². The summed E-state index contributed by atoms with van der Waals surface area (Å²) in [5.74, 6) is -1.51. The van der Waals surface area contributed by atoms with E-state index in [2.05, 4.69) is 31.4 Å². The number of carbonyl (C=O) groups excluding carboxylic acids is 2. The van der Waals surface area contributed by atoms with Crippen LogP contribution in [0.25, 0.3) is 0 Å². The van der Waals surface area contributed by atoms with Crippen LogP contribution in [-0.4, -0.2) is 31.4 Å². The van der Waals surface area contributed by atoms with Gasteiger partial charge in [0.1, 0.15) is 6.04 Å². The van der Waals surface area contributed by atoms with Crippen molar-refractivity contribution in [2.75, 3.05) is 5.32 Å². The van der Waals surface area contributed by atoms with Crippen molar-refractivity contribution in [3.8, 4) is 0 Å². The van der Waals surface area contributed by atoms with E-state index in [9.17, 15) is 22.8 Å². The van der Waals surface area contributed by atoms with Gasteiger partial charge in [-0.2, -0.15) is 23.4 Å². The first kappa shape index (κ1) is 19.9. The standard InChI is InChI=1S/C14H16BrF3N6O2/c1-4-23-5-8(10(21-23)12(19)25)20-13(26)7(3)24-6(2)9(15)11(22-24)14(16,17)18/h5,7H,4H2,1-3H3,(H2,19,25)(H,20,26)/t7-/m1/s1. The molecule has 0 saturated carbocycles. The summed E-state index contributed by atoms with van der Waals surface area (Å²) in [6.45, 7) is 5.00. The number of halogens is 4. The molecule has 0 aliphatic carbocycles. The summed E-state index contributed by atoms with van der Waals surface area (Å²) in [7, 11) is 0. The van der Waals surface area contributed by atoms with E-state index < -0.39 is 29.7 Å². The Morgan fingerprint density at radius 2 is 2.00 bits per heavy atom. The molecule has 2 rings (SSSR count). The van der Waals surface area contributed by atoms with Crippen LogP contribution < -0.4 is 11.1 Å². The zero-order chi connectivity index (χ0) is 19.8. The van der Waals surface area contributed by atoms with Crippen LogP contribution in [0.4, 0.5) is 18.9 Å². The second-order valence-electron chi connectivity index (χ2n) is 5.47. The van der Waals surface area contributed by atoms with Crippen molar-refractivity contribution in [3.63, 3.8) is 0 Å². The van der Waals surface area contributed by atoms with Gasteiger partial charge in [-0.1, -0.05) is 0 Å². The maximum absolute atomic E-state index is 13.0. The van der Waals surface area contributed by atoms with Gasteiger partial charge in [0.05, 0.1) is 15.9 Å². The summed E-state index contributed by atoms with van der Waals surface area (Å²) in [5, 5.41) is 9.88. The molecule has 8 nitrogen and oxygen atoms in total. The molecule has 3 N–H and O–H groups in total. The number of aryl methyl sites for hydroxylation is 1. The third kappa shape index (κ3) is 3.74. The van der Waals surface area contributed by atoms with Gasteiger partial charge in [-0.05, 0) is 36.7 Å². The number of hydrogen-bond donors (Lipinski definition) is 2. The summed E-state index contributed by atoms with van der Waals surface area (Å²) in [6.07, 6.45) is -3.25. The zero-order valence-corrected chi connectivity index (χ0v) is 15.6. The fourth-order valence-corrected chi connectivity index (χ4v) is 2.75. The Balaban J connectivity index is 2.32. The fourth-order valence-electron chi connectivity index (χ4n) is 2.26.